The highest BCUT2D eigenvalue weighted by Crippen LogP contribution is 2.29. The second-order valence-electron chi connectivity index (χ2n) is 9.61. The number of hydrogen-bond acceptors (Lipinski definition) is 3. The van der Waals surface area contributed by atoms with Crippen LogP contribution in [0.15, 0.2) is 89.8 Å². The molecule has 1 aliphatic carbocycles. The number of aromatic nitrogens is 1. The van der Waals surface area contributed by atoms with Crippen molar-refractivity contribution in [1.29, 1.82) is 0 Å². The Morgan fingerprint density at radius 2 is 1.56 bits per heavy atom. The summed E-state index contributed by atoms with van der Waals surface area (Å²) in [7, 11) is -3.67. The normalized spacial score (nSPS) is 19.1. The molecule has 1 fully saturated rings. The lowest BCUT2D eigenvalue weighted by atomic mass is 9.85. The van der Waals surface area contributed by atoms with Crippen molar-refractivity contribution in [2.45, 2.75) is 49.6 Å². The standard InChI is InChI=1S/C29H31N3O3S/c1-20(21-8-4-2-5-9-21)30-29(33)23-12-15-25(16-13-23)32-36(34,35)26-17-14-24-18-27(31-28(24)19-26)22-10-6-3-7-11-22/h2-11,14,17-20,23,25,31-32H,12-13,15-16H2,1H3,(H,30,33)/t20-,23-,25-/m1/s1. The molecule has 186 valence electrons. The van der Waals surface area contributed by atoms with Crippen molar-refractivity contribution < 1.29 is 13.2 Å². The molecule has 0 saturated heterocycles. The maximum atomic E-state index is 13.1. The van der Waals surface area contributed by atoms with Crippen LogP contribution < -0.4 is 10.0 Å². The maximum Gasteiger partial charge on any atom is 0.240 e. The summed E-state index contributed by atoms with van der Waals surface area (Å²) in [5.41, 5.74) is 3.85. The number of H-pyrrole nitrogens is 1. The van der Waals surface area contributed by atoms with Crippen molar-refractivity contribution >= 4 is 26.8 Å². The monoisotopic (exact) mass is 501 g/mol. The summed E-state index contributed by atoms with van der Waals surface area (Å²) in [6.07, 6.45) is 2.60. The summed E-state index contributed by atoms with van der Waals surface area (Å²) in [6, 6.07) is 26.8. The van der Waals surface area contributed by atoms with Crippen LogP contribution in [0.5, 0.6) is 0 Å². The zero-order chi connectivity index (χ0) is 25.1. The van der Waals surface area contributed by atoms with Crippen LogP contribution in [0.4, 0.5) is 0 Å². The first-order valence-corrected chi connectivity index (χ1v) is 13.9. The van der Waals surface area contributed by atoms with E-state index >= 15 is 0 Å². The number of nitrogens with one attached hydrogen (secondary N) is 3. The molecule has 36 heavy (non-hydrogen) atoms. The van der Waals surface area contributed by atoms with Crippen LogP contribution in [-0.2, 0) is 14.8 Å². The fourth-order valence-corrected chi connectivity index (χ4v) is 6.29. The first-order valence-electron chi connectivity index (χ1n) is 12.4. The van der Waals surface area contributed by atoms with E-state index in [1.165, 1.54) is 0 Å². The fraction of sp³-hybridized carbons (Fsp3) is 0.276. The zero-order valence-electron chi connectivity index (χ0n) is 20.3. The van der Waals surface area contributed by atoms with E-state index in [1.807, 2.05) is 79.7 Å². The molecule has 1 aromatic heterocycles. The minimum Gasteiger partial charge on any atom is -0.354 e. The lowest BCUT2D eigenvalue weighted by molar-refractivity contribution is -0.126. The molecule has 0 unspecified atom stereocenters. The summed E-state index contributed by atoms with van der Waals surface area (Å²) < 4.78 is 29.1. The van der Waals surface area contributed by atoms with Gasteiger partial charge in [0.05, 0.1) is 10.9 Å². The quantitative estimate of drug-likeness (QED) is 0.310. The van der Waals surface area contributed by atoms with Gasteiger partial charge in [-0.3, -0.25) is 4.79 Å². The molecule has 1 heterocycles. The van der Waals surface area contributed by atoms with Gasteiger partial charge >= 0.3 is 0 Å². The zero-order valence-corrected chi connectivity index (χ0v) is 21.1. The largest absolute Gasteiger partial charge is 0.354 e. The lowest BCUT2D eigenvalue weighted by Gasteiger charge is -2.29. The van der Waals surface area contributed by atoms with Gasteiger partial charge in [0.15, 0.2) is 0 Å². The molecule has 0 bridgehead atoms. The van der Waals surface area contributed by atoms with Crippen LogP contribution in [-0.4, -0.2) is 25.4 Å². The number of benzene rings is 3. The summed E-state index contributed by atoms with van der Waals surface area (Å²) >= 11 is 0. The summed E-state index contributed by atoms with van der Waals surface area (Å²) in [5, 5.41) is 4.07. The molecule has 0 spiro atoms. The minimum absolute atomic E-state index is 0.0408. The van der Waals surface area contributed by atoms with Gasteiger partial charge in [-0.25, -0.2) is 13.1 Å². The third-order valence-electron chi connectivity index (χ3n) is 7.07. The van der Waals surface area contributed by atoms with Crippen molar-refractivity contribution in [3.8, 4) is 11.3 Å². The molecule has 3 N–H and O–H groups in total. The maximum absolute atomic E-state index is 13.1. The number of fused-ring (bicyclic) bond motifs is 1. The van der Waals surface area contributed by atoms with Crippen LogP contribution in [0.2, 0.25) is 0 Å². The highest BCUT2D eigenvalue weighted by Gasteiger charge is 2.30. The summed E-state index contributed by atoms with van der Waals surface area (Å²) in [5.74, 6) is -0.0531. The minimum atomic E-state index is -3.67. The highest BCUT2D eigenvalue weighted by atomic mass is 32.2. The third-order valence-corrected chi connectivity index (χ3v) is 8.59. The molecule has 0 aliphatic heterocycles. The van der Waals surface area contributed by atoms with Gasteiger partial charge in [-0.15, -0.1) is 0 Å². The highest BCUT2D eigenvalue weighted by molar-refractivity contribution is 7.89. The van der Waals surface area contributed by atoms with E-state index in [1.54, 1.807) is 12.1 Å². The van der Waals surface area contributed by atoms with Crippen LogP contribution in [0.25, 0.3) is 22.2 Å². The Hall–Kier alpha value is -3.42. The molecule has 1 saturated carbocycles. The second-order valence-corrected chi connectivity index (χ2v) is 11.3. The number of aromatic amines is 1. The van der Waals surface area contributed by atoms with Crippen molar-refractivity contribution in [3.05, 3.63) is 90.5 Å². The molecule has 0 radical (unpaired) electrons. The fourth-order valence-electron chi connectivity index (χ4n) is 4.96. The van der Waals surface area contributed by atoms with E-state index in [-0.39, 0.29) is 28.8 Å². The SMILES string of the molecule is C[C@@H](NC(=O)[C@H]1CC[C@H](NS(=O)(=O)c2ccc3cc(-c4ccccc4)[nH]c3c2)CC1)c1ccccc1. The van der Waals surface area contributed by atoms with Gasteiger partial charge in [0.2, 0.25) is 15.9 Å². The molecule has 1 aliphatic rings. The van der Waals surface area contributed by atoms with Gasteiger partial charge < -0.3 is 10.3 Å². The van der Waals surface area contributed by atoms with E-state index in [2.05, 4.69) is 15.0 Å². The molecule has 1 atom stereocenters. The van der Waals surface area contributed by atoms with E-state index in [9.17, 15) is 13.2 Å². The Morgan fingerprint density at radius 3 is 2.25 bits per heavy atom. The first kappa shape index (κ1) is 24.3. The van der Waals surface area contributed by atoms with Crippen molar-refractivity contribution in [2.75, 3.05) is 0 Å². The van der Waals surface area contributed by atoms with E-state index in [0.717, 1.165) is 27.7 Å². The van der Waals surface area contributed by atoms with Crippen LogP contribution in [0, 0.1) is 5.92 Å². The number of rotatable bonds is 7. The smallest absolute Gasteiger partial charge is 0.240 e. The summed E-state index contributed by atoms with van der Waals surface area (Å²) in [6.45, 7) is 1.98. The Morgan fingerprint density at radius 1 is 0.889 bits per heavy atom. The van der Waals surface area contributed by atoms with Gasteiger partial charge in [-0.1, -0.05) is 66.7 Å². The molecule has 5 rings (SSSR count). The Labute approximate surface area is 212 Å². The Balaban J connectivity index is 1.20. The van der Waals surface area contributed by atoms with Crippen LogP contribution in [0.3, 0.4) is 0 Å². The molecule has 6 nitrogen and oxygen atoms in total. The number of carbonyl (C=O) groups is 1. The number of hydrogen-bond donors (Lipinski definition) is 3. The van der Waals surface area contributed by atoms with E-state index < -0.39 is 10.0 Å². The molecule has 3 aromatic carbocycles. The number of carbonyl (C=O) groups excluding carboxylic acids is 1. The van der Waals surface area contributed by atoms with Crippen LogP contribution in [0.1, 0.15) is 44.2 Å². The number of amides is 1. The Kier molecular flexibility index (Phi) is 6.94. The van der Waals surface area contributed by atoms with Gasteiger partial charge in [0.1, 0.15) is 0 Å². The Bertz CT molecular complexity index is 1440. The second kappa shape index (κ2) is 10.3. The van der Waals surface area contributed by atoms with Gasteiger partial charge in [0, 0.05) is 28.6 Å². The predicted molar refractivity (Wildman–Crippen MR) is 143 cm³/mol. The average molecular weight is 502 g/mol. The predicted octanol–water partition coefficient (Wildman–Crippen LogP) is 5.55. The molecule has 1 amide bonds. The van der Waals surface area contributed by atoms with Crippen molar-refractivity contribution in [3.63, 3.8) is 0 Å². The van der Waals surface area contributed by atoms with Crippen molar-refractivity contribution in [2.24, 2.45) is 5.92 Å². The number of sulfonamides is 1. The topological polar surface area (TPSA) is 91.1 Å². The van der Waals surface area contributed by atoms with E-state index in [4.69, 9.17) is 0 Å². The molecule has 7 heteroatoms. The first-order chi connectivity index (χ1) is 17.4. The lowest BCUT2D eigenvalue weighted by Crippen LogP contribution is -2.41. The van der Waals surface area contributed by atoms with E-state index in [0.29, 0.717) is 25.7 Å². The van der Waals surface area contributed by atoms with Gasteiger partial charge in [0.25, 0.3) is 0 Å². The van der Waals surface area contributed by atoms with Crippen LogP contribution >= 0.6 is 0 Å². The molecular formula is C29H31N3O3S. The summed E-state index contributed by atoms with van der Waals surface area (Å²) in [4.78, 5) is 16.4. The molecular weight excluding hydrogens is 470 g/mol. The third kappa shape index (κ3) is 5.37. The van der Waals surface area contributed by atoms with Gasteiger partial charge in [-0.2, -0.15) is 0 Å². The van der Waals surface area contributed by atoms with Gasteiger partial charge in [-0.05, 0) is 61.9 Å². The molecule has 4 aromatic rings. The van der Waals surface area contributed by atoms with Crippen molar-refractivity contribution in [1.82, 2.24) is 15.0 Å². The average Bonchev–Trinajstić information content (AvgIpc) is 3.33.